The van der Waals surface area contributed by atoms with Crippen LogP contribution in [0, 0.1) is 0 Å². The molecule has 2 heterocycles. The highest BCUT2D eigenvalue weighted by atomic mass is 16.5. The van der Waals surface area contributed by atoms with E-state index in [0.29, 0.717) is 25.7 Å². The molecule has 1 saturated carbocycles. The van der Waals surface area contributed by atoms with Gasteiger partial charge < -0.3 is 19.8 Å². The first kappa shape index (κ1) is 17.6. The summed E-state index contributed by atoms with van der Waals surface area (Å²) < 4.78 is 14.9. The highest BCUT2D eigenvalue weighted by molar-refractivity contribution is 5.36. The summed E-state index contributed by atoms with van der Waals surface area (Å²) in [5.41, 5.74) is 6.85. The van der Waals surface area contributed by atoms with Crippen molar-refractivity contribution in [3.63, 3.8) is 0 Å². The van der Waals surface area contributed by atoms with Crippen LogP contribution in [0.4, 0.5) is 0 Å². The minimum atomic E-state index is 0.269. The summed E-state index contributed by atoms with van der Waals surface area (Å²) in [6, 6.07) is 7.94. The Morgan fingerprint density at radius 1 is 1.19 bits per heavy atom. The maximum absolute atomic E-state index is 5.93. The molecule has 0 amide bonds. The van der Waals surface area contributed by atoms with Gasteiger partial charge in [-0.15, -0.1) is 10.2 Å². The van der Waals surface area contributed by atoms with E-state index in [1.165, 1.54) is 6.33 Å². The standard InChI is InChI=1S/C18H23N7O2/c1-26-7-6-24-17(22-23-18(24)13-8-14(19)9-13)10-27-16-4-2-15(3-5-16)25-12-20-11-21-25/h2-5,11-14H,6-10,19H2,1H3. The molecule has 0 spiro atoms. The zero-order valence-corrected chi connectivity index (χ0v) is 15.2. The highest BCUT2D eigenvalue weighted by Gasteiger charge is 2.32. The quantitative estimate of drug-likeness (QED) is 0.638. The SMILES string of the molecule is COCCn1c(COc2ccc(-n3cncn3)cc2)nnc1C1CC(N)C1. The fraction of sp³-hybridized carbons (Fsp3) is 0.444. The summed E-state index contributed by atoms with van der Waals surface area (Å²) in [6.07, 6.45) is 5.07. The van der Waals surface area contributed by atoms with Crippen LogP contribution in [-0.2, 0) is 17.9 Å². The predicted molar refractivity (Wildman–Crippen MR) is 97.5 cm³/mol. The van der Waals surface area contributed by atoms with Crippen molar-refractivity contribution in [3.8, 4) is 11.4 Å². The molecule has 4 rings (SSSR count). The Bertz CT molecular complexity index is 854. The number of methoxy groups -OCH3 is 1. The molecule has 0 aliphatic heterocycles. The largest absolute Gasteiger partial charge is 0.486 e. The third-order valence-corrected chi connectivity index (χ3v) is 4.80. The van der Waals surface area contributed by atoms with Crippen LogP contribution in [0.1, 0.15) is 30.4 Å². The Labute approximate surface area is 157 Å². The molecule has 1 fully saturated rings. The number of nitrogens with two attached hydrogens (primary N) is 1. The lowest BCUT2D eigenvalue weighted by molar-refractivity contribution is 0.180. The van der Waals surface area contributed by atoms with Crippen molar-refractivity contribution in [1.29, 1.82) is 0 Å². The van der Waals surface area contributed by atoms with Crippen molar-refractivity contribution in [2.24, 2.45) is 5.73 Å². The number of nitrogens with zero attached hydrogens (tertiary/aromatic N) is 6. The van der Waals surface area contributed by atoms with Crippen LogP contribution >= 0.6 is 0 Å². The van der Waals surface area contributed by atoms with E-state index < -0.39 is 0 Å². The average molecular weight is 369 g/mol. The third-order valence-electron chi connectivity index (χ3n) is 4.80. The van der Waals surface area contributed by atoms with Gasteiger partial charge in [0.15, 0.2) is 5.82 Å². The minimum Gasteiger partial charge on any atom is -0.486 e. The fourth-order valence-corrected chi connectivity index (χ4v) is 3.24. The third kappa shape index (κ3) is 3.83. The van der Waals surface area contributed by atoms with Crippen LogP contribution < -0.4 is 10.5 Å². The smallest absolute Gasteiger partial charge is 0.171 e. The Kier molecular flexibility index (Phi) is 5.12. The predicted octanol–water partition coefficient (Wildman–Crippen LogP) is 1.29. The molecule has 27 heavy (non-hydrogen) atoms. The van der Waals surface area contributed by atoms with Crippen molar-refractivity contribution >= 4 is 0 Å². The maximum Gasteiger partial charge on any atom is 0.171 e. The molecule has 2 N–H and O–H groups in total. The van der Waals surface area contributed by atoms with Gasteiger partial charge in [-0.2, -0.15) is 5.10 Å². The summed E-state index contributed by atoms with van der Waals surface area (Å²) in [4.78, 5) is 3.95. The van der Waals surface area contributed by atoms with Gasteiger partial charge in [-0.1, -0.05) is 0 Å². The summed E-state index contributed by atoms with van der Waals surface area (Å²) >= 11 is 0. The van der Waals surface area contributed by atoms with Gasteiger partial charge in [-0.05, 0) is 37.1 Å². The second kappa shape index (κ2) is 7.85. The number of aromatic nitrogens is 6. The van der Waals surface area contributed by atoms with Crippen molar-refractivity contribution in [2.45, 2.75) is 38.0 Å². The van der Waals surface area contributed by atoms with Crippen LogP contribution in [0.2, 0.25) is 0 Å². The van der Waals surface area contributed by atoms with Crippen LogP contribution in [0.5, 0.6) is 5.75 Å². The van der Waals surface area contributed by atoms with E-state index in [1.807, 2.05) is 24.3 Å². The first-order valence-corrected chi connectivity index (χ1v) is 8.99. The lowest BCUT2D eigenvalue weighted by atomic mass is 9.80. The zero-order chi connectivity index (χ0) is 18.6. The molecule has 0 radical (unpaired) electrons. The molecule has 1 aliphatic rings. The van der Waals surface area contributed by atoms with Crippen LogP contribution in [0.15, 0.2) is 36.9 Å². The Morgan fingerprint density at radius 2 is 2.00 bits per heavy atom. The van der Waals surface area contributed by atoms with Crippen LogP contribution in [-0.4, -0.2) is 49.3 Å². The summed E-state index contributed by atoms with van der Waals surface area (Å²) in [5, 5.41) is 12.8. The maximum atomic E-state index is 5.93. The monoisotopic (exact) mass is 369 g/mol. The molecular formula is C18H23N7O2. The van der Waals surface area contributed by atoms with Gasteiger partial charge in [-0.3, -0.25) is 0 Å². The summed E-state index contributed by atoms with van der Waals surface area (Å²) in [5.74, 6) is 2.91. The molecular weight excluding hydrogens is 346 g/mol. The van der Waals surface area contributed by atoms with Gasteiger partial charge in [0.05, 0.1) is 12.3 Å². The Hall–Kier alpha value is -2.78. The zero-order valence-electron chi connectivity index (χ0n) is 15.2. The summed E-state index contributed by atoms with van der Waals surface area (Å²) in [7, 11) is 1.69. The van der Waals surface area contributed by atoms with E-state index >= 15 is 0 Å². The van der Waals surface area contributed by atoms with Crippen molar-refractivity contribution < 1.29 is 9.47 Å². The lowest BCUT2D eigenvalue weighted by Gasteiger charge is -2.31. The molecule has 0 unspecified atom stereocenters. The van der Waals surface area contributed by atoms with E-state index in [-0.39, 0.29) is 6.04 Å². The van der Waals surface area contributed by atoms with Gasteiger partial charge in [-0.25, -0.2) is 9.67 Å². The number of hydrogen-bond acceptors (Lipinski definition) is 7. The minimum absolute atomic E-state index is 0.269. The highest BCUT2D eigenvalue weighted by Crippen LogP contribution is 2.34. The fourth-order valence-electron chi connectivity index (χ4n) is 3.24. The van der Waals surface area contributed by atoms with Gasteiger partial charge in [0.1, 0.15) is 30.8 Å². The molecule has 0 atom stereocenters. The second-order valence-corrected chi connectivity index (χ2v) is 6.67. The molecule has 3 aromatic rings. The topological polar surface area (TPSA) is 106 Å². The van der Waals surface area contributed by atoms with Gasteiger partial charge in [0.2, 0.25) is 0 Å². The van der Waals surface area contributed by atoms with Gasteiger partial charge >= 0.3 is 0 Å². The molecule has 1 aromatic carbocycles. The van der Waals surface area contributed by atoms with Crippen molar-refractivity contribution in [1.82, 2.24) is 29.5 Å². The second-order valence-electron chi connectivity index (χ2n) is 6.67. The van der Waals surface area contributed by atoms with Gasteiger partial charge in [0, 0.05) is 25.6 Å². The van der Waals surface area contributed by atoms with E-state index in [4.69, 9.17) is 15.2 Å². The van der Waals surface area contributed by atoms with E-state index in [0.717, 1.165) is 35.9 Å². The first-order chi connectivity index (χ1) is 13.2. The number of ether oxygens (including phenoxy) is 2. The number of rotatable bonds is 8. The molecule has 9 heteroatoms. The molecule has 0 saturated heterocycles. The lowest BCUT2D eigenvalue weighted by Crippen LogP contribution is -2.36. The molecule has 142 valence electrons. The normalized spacial score (nSPS) is 19.0. The first-order valence-electron chi connectivity index (χ1n) is 8.99. The Balaban J connectivity index is 1.44. The van der Waals surface area contributed by atoms with Crippen molar-refractivity contribution in [3.05, 3.63) is 48.6 Å². The van der Waals surface area contributed by atoms with E-state index in [2.05, 4.69) is 24.8 Å². The Morgan fingerprint density at radius 3 is 2.67 bits per heavy atom. The number of benzene rings is 1. The number of hydrogen-bond donors (Lipinski definition) is 1. The summed E-state index contributed by atoms with van der Waals surface area (Å²) in [6.45, 7) is 1.65. The van der Waals surface area contributed by atoms with E-state index in [1.54, 1.807) is 18.1 Å². The molecule has 9 nitrogen and oxygen atoms in total. The molecule has 2 aromatic heterocycles. The molecule has 1 aliphatic carbocycles. The average Bonchev–Trinajstić information content (AvgIpc) is 3.32. The van der Waals surface area contributed by atoms with Crippen LogP contribution in [0.25, 0.3) is 5.69 Å². The molecule has 0 bridgehead atoms. The van der Waals surface area contributed by atoms with Crippen molar-refractivity contribution in [2.75, 3.05) is 13.7 Å². The van der Waals surface area contributed by atoms with Gasteiger partial charge in [0.25, 0.3) is 0 Å². The van der Waals surface area contributed by atoms with E-state index in [9.17, 15) is 0 Å². The van der Waals surface area contributed by atoms with Crippen LogP contribution in [0.3, 0.4) is 0 Å².